The molecule has 4 heterocycles. The summed E-state index contributed by atoms with van der Waals surface area (Å²) in [6, 6.07) is 5.86. The Labute approximate surface area is 161 Å². The van der Waals surface area contributed by atoms with Gasteiger partial charge in [0, 0.05) is 56.1 Å². The Balaban J connectivity index is 1.48. The van der Waals surface area contributed by atoms with Crippen molar-refractivity contribution >= 4 is 22.1 Å². The maximum absolute atomic E-state index is 12.1. The van der Waals surface area contributed by atoms with Crippen molar-refractivity contribution in [3.8, 4) is 6.07 Å². The summed E-state index contributed by atoms with van der Waals surface area (Å²) in [7, 11) is 0. The van der Waals surface area contributed by atoms with E-state index in [1.807, 2.05) is 25.3 Å². The number of hydrogen-bond acceptors (Lipinski definition) is 7. The van der Waals surface area contributed by atoms with Crippen LogP contribution in [0.25, 0.3) is 4.96 Å². The minimum atomic E-state index is -0.0343. The monoisotopic (exact) mass is 380 g/mol. The van der Waals surface area contributed by atoms with Crippen LogP contribution in [0, 0.1) is 25.2 Å². The number of hydrogen-bond donors (Lipinski definition) is 0. The predicted octanol–water partition coefficient (Wildman–Crippen LogP) is 1.96. The van der Waals surface area contributed by atoms with Gasteiger partial charge in [0.15, 0.2) is 4.96 Å². The van der Waals surface area contributed by atoms with Crippen LogP contribution in [0.4, 0.5) is 5.82 Å². The number of nitrogens with zero attached hydrogens (tertiary/aromatic N) is 6. The highest BCUT2D eigenvalue weighted by Gasteiger charge is 2.22. The van der Waals surface area contributed by atoms with E-state index in [-0.39, 0.29) is 5.56 Å². The molecule has 7 nitrogen and oxygen atoms in total. The van der Waals surface area contributed by atoms with Crippen LogP contribution in [-0.4, -0.2) is 45.4 Å². The summed E-state index contributed by atoms with van der Waals surface area (Å²) in [5, 5.41) is 11.4. The summed E-state index contributed by atoms with van der Waals surface area (Å²) in [5.41, 5.74) is 3.33. The summed E-state index contributed by atoms with van der Waals surface area (Å²) in [6.07, 6.45) is 1.75. The molecule has 1 saturated heterocycles. The van der Waals surface area contributed by atoms with Crippen molar-refractivity contribution in [3.63, 3.8) is 0 Å². The topological polar surface area (TPSA) is 77.5 Å². The molecule has 0 atom stereocenters. The fraction of sp³-hybridized carbons (Fsp3) is 0.368. The Kier molecular flexibility index (Phi) is 4.64. The Morgan fingerprint density at radius 2 is 1.96 bits per heavy atom. The molecule has 27 heavy (non-hydrogen) atoms. The first kappa shape index (κ1) is 17.6. The number of fused-ring (bicyclic) bond motifs is 1. The van der Waals surface area contributed by atoms with E-state index in [0.717, 1.165) is 53.9 Å². The number of aromatic nitrogens is 3. The molecule has 0 unspecified atom stereocenters. The number of piperazine rings is 1. The van der Waals surface area contributed by atoms with Crippen LogP contribution in [0.1, 0.15) is 22.5 Å². The molecule has 1 fully saturated rings. The van der Waals surface area contributed by atoms with Gasteiger partial charge in [-0.3, -0.25) is 14.1 Å². The normalized spacial score (nSPS) is 15.2. The molecule has 0 spiro atoms. The highest BCUT2D eigenvalue weighted by atomic mass is 32.1. The van der Waals surface area contributed by atoms with Crippen molar-refractivity contribution in [3.05, 3.63) is 56.6 Å². The van der Waals surface area contributed by atoms with Crippen molar-refractivity contribution < 1.29 is 0 Å². The van der Waals surface area contributed by atoms with Crippen molar-refractivity contribution in [1.29, 1.82) is 5.26 Å². The van der Waals surface area contributed by atoms with Crippen molar-refractivity contribution in [2.45, 2.75) is 20.4 Å². The molecule has 0 bridgehead atoms. The van der Waals surface area contributed by atoms with Crippen LogP contribution in [0.2, 0.25) is 0 Å². The molecular formula is C19H20N6OS. The van der Waals surface area contributed by atoms with Gasteiger partial charge in [-0.05, 0) is 25.5 Å². The molecule has 8 heteroatoms. The quantitative estimate of drug-likeness (QED) is 0.691. The maximum Gasteiger partial charge on any atom is 0.258 e. The molecule has 0 N–H and O–H groups in total. The number of pyridine rings is 1. The lowest BCUT2D eigenvalue weighted by atomic mass is 10.1. The molecule has 1 aliphatic heterocycles. The lowest BCUT2D eigenvalue weighted by molar-refractivity contribution is 0.246. The third kappa shape index (κ3) is 3.44. The number of thiazole rings is 1. The first-order valence-corrected chi connectivity index (χ1v) is 9.74. The predicted molar refractivity (Wildman–Crippen MR) is 105 cm³/mol. The van der Waals surface area contributed by atoms with Crippen LogP contribution in [0.3, 0.4) is 0 Å². The van der Waals surface area contributed by atoms with Crippen molar-refractivity contribution in [2.75, 3.05) is 31.1 Å². The minimum Gasteiger partial charge on any atom is -0.353 e. The summed E-state index contributed by atoms with van der Waals surface area (Å²) in [6.45, 7) is 7.84. The van der Waals surface area contributed by atoms with Gasteiger partial charge < -0.3 is 4.90 Å². The molecule has 138 valence electrons. The van der Waals surface area contributed by atoms with Gasteiger partial charge in [-0.1, -0.05) is 0 Å². The Morgan fingerprint density at radius 3 is 2.70 bits per heavy atom. The highest BCUT2D eigenvalue weighted by Crippen LogP contribution is 2.23. The van der Waals surface area contributed by atoms with E-state index >= 15 is 0 Å². The first-order chi connectivity index (χ1) is 13.0. The van der Waals surface area contributed by atoms with E-state index in [4.69, 9.17) is 0 Å². The summed E-state index contributed by atoms with van der Waals surface area (Å²) in [5.74, 6) is 0.783. The molecule has 1 aliphatic rings. The lowest BCUT2D eigenvalue weighted by Gasteiger charge is -2.35. The number of rotatable bonds is 3. The lowest BCUT2D eigenvalue weighted by Crippen LogP contribution is -2.46. The van der Waals surface area contributed by atoms with Gasteiger partial charge in [0.05, 0.1) is 11.3 Å². The zero-order valence-electron chi connectivity index (χ0n) is 15.3. The van der Waals surface area contributed by atoms with E-state index < -0.39 is 0 Å². The van der Waals surface area contributed by atoms with Gasteiger partial charge >= 0.3 is 0 Å². The third-order valence-corrected chi connectivity index (χ3v) is 5.61. The van der Waals surface area contributed by atoms with E-state index in [0.29, 0.717) is 12.1 Å². The molecule has 3 aromatic rings. The minimum absolute atomic E-state index is 0.0343. The van der Waals surface area contributed by atoms with Gasteiger partial charge in [0.1, 0.15) is 11.9 Å². The smallest absolute Gasteiger partial charge is 0.258 e. The Morgan fingerprint density at radius 1 is 1.19 bits per heavy atom. The fourth-order valence-corrected chi connectivity index (χ4v) is 4.24. The van der Waals surface area contributed by atoms with Crippen LogP contribution in [0.15, 0.2) is 28.5 Å². The van der Waals surface area contributed by atoms with Gasteiger partial charge in [-0.2, -0.15) is 5.26 Å². The molecule has 4 rings (SSSR count). The van der Waals surface area contributed by atoms with Crippen LogP contribution >= 0.6 is 11.3 Å². The maximum atomic E-state index is 12.1. The molecule has 0 aromatic carbocycles. The molecule has 0 aliphatic carbocycles. The van der Waals surface area contributed by atoms with E-state index in [2.05, 4.69) is 25.8 Å². The van der Waals surface area contributed by atoms with Crippen LogP contribution in [0.5, 0.6) is 0 Å². The van der Waals surface area contributed by atoms with Gasteiger partial charge in [0.2, 0.25) is 0 Å². The third-order valence-electron chi connectivity index (χ3n) is 4.85. The standard InChI is InChI=1S/C19H20N6OS/c1-13-9-14(2)21-18(16(13)11-20)24-5-3-23(4-6-24)12-15-10-17(26)25-7-8-27-19(25)22-15/h7-10H,3-6,12H2,1-2H3. The van der Waals surface area contributed by atoms with E-state index in [1.165, 1.54) is 11.3 Å². The number of nitriles is 1. The second-order valence-corrected chi connectivity index (χ2v) is 7.67. The number of aryl methyl sites for hydroxylation is 2. The Bertz CT molecular complexity index is 1090. The molecule has 3 aromatic heterocycles. The van der Waals surface area contributed by atoms with E-state index in [1.54, 1.807) is 16.7 Å². The number of anilines is 1. The van der Waals surface area contributed by atoms with Gasteiger partial charge in [-0.15, -0.1) is 11.3 Å². The van der Waals surface area contributed by atoms with Crippen molar-refractivity contribution in [2.24, 2.45) is 0 Å². The first-order valence-electron chi connectivity index (χ1n) is 8.86. The molecule has 0 saturated carbocycles. The zero-order valence-corrected chi connectivity index (χ0v) is 16.2. The zero-order chi connectivity index (χ0) is 19.0. The summed E-state index contributed by atoms with van der Waals surface area (Å²) < 4.78 is 1.57. The average Bonchev–Trinajstić information content (AvgIpc) is 3.11. The molecule has 0 amide bonds. The van der Waals surface area contributed by atoms with Gasteiger partial charge in [-0.25, -0.2) is 9.97 Å². The molecular weight excluding hydrogens is 360 g/mol. The van der Waals surface area contributed by atoms with Gasteiger partial charge in [0.25, 0.3) is 5.56 Å². The SMILES string of the molecule is Cc1cc(C)c(C#N)c(N2CCN(Cc3cc(=O)n4ccsc4n3)CC2)n1. The second-order valence-electron chi connectivity index (χ2n) is 6.80. The fourth-order valence-electron chi connectivity index (χ4n) is 3.50. The van der Waals surface area contributed by atoms with E-state index in [9.17, 15) is 10.1 Å². The second kappa shape index (κ2) is 7.10. The Hall–Kier alpha value is -2.76. The highest BCUT2D eigenvalue weighted by molar-refractivity contribution is 7.15. The van der Waals surface area contributed by atoms with Crippen molar-refractivity contribution in [1.82, 2.24) is 19.3 Å². The summed E-state index contributed by atoms with van der Waals surface area (Å²) >= 11 is 1.47. The van der Waals surface area contributed by atoms with Crippen LogP contribution in [-0.2, 0) is 6.54 Å². The average molecular weight is 380 g/mol. The van der Waals surface area contributed by atoms with Crippen LogP contribution < -0.4 is 10.5 Å². The largest absolute Gasteiger partial charge is 0.353 e. The summed E-state index contributed by atoms with van der Waals surface area (Å²) in [4.78, 5) is 26.5. The molecule has 0 radical (unpaired) electrons.